The Balaban J connectivity index is 2.43. The Labute approximate surface area is 104 Å². The van der Waals surface area contributed by atoms with Gasteiger partial charge in [0.25, 0.3) is 0 Å². The van der Waals surface area contributed by atoms with Crippen LogP contribution in [0, 0.1) is 12.8 Å². The lowest BCUT2D eigenvalue weighted by atomic mass is 9.96. The maximum atomic E-state index is 10.0. The number of rotatable bonds is 7. The normalized spacial score (nSPS) is 15.2. The standard InChI is InChI=1S/C13H25N3O/c1-5-11(6-2)13(17)8-14-9(3)12-7-15-16-10(12)4/h7,9,11,13-14,17H,5-6,8H2,1-4H3,(H,15,16). The summed E-state index contributed by atoms with van der Waals surface area (Å²) in [6.45, 7) is 9.00. The number of nitrogens with one attached hydrogen (secondary N) is 2. The number of aromatic amines is 1. The first-order valence-electron chi connectivity index (χ1n) is 6.51. The van der Waals surface area contributed by atoms with Gasteiger partial charge < -0.3 is 10.4 Å². The Bertz CT molecular complexity index is 320. The second-order valence-corrected chi connectivity index (χ2v) is 4.72. The van der Waals surface area contributed by atoms with Crippen molar-refractivity contribution in [2.45, 2.75) is 52.7 Å². The molecular weight excluding hydrogens is 214 g/mol. The van der Waals surface area contributed by atoms with E-state index in [4.69, 9.17) is 0 Å². The summed E-state index contributed by atoms with van der Waals surface area (Å²) < 4.78 is 0. The summed E-state index contributed by atoms with van der Waals surface area (Å²) in [5, 5.41) is 20.3. The molecule has 0 bridgehead atoms. The van der Waals surface area contributed by atoms with Gasteiger partial charge in [-0.2, -0.15) is 5.10 Å². The summed E-state index contributed by atoms with van der Waals surface area (Å²) in [6, 6.07) is 0.220. The SMILES string of the molecule is CCC(CC)C(O)CNC(C)c1cn[nH]c1C. The van der Waals surface area contributed by atoms with Crippen LogP contribution in [0.4, 0.5) is 0 Å². The van der Waals surface area contributed by atoms with Crippen LogP contribution in [-0.2, 0) is 0 Å². The van der Waals surface area contributed by atoms with Crippen molar-refractivity contribution in [2.75, 3.05) is 6.54 Å². The van der Waals surface area contributed by atoms with Crippen LogP contribution < -0.4 is 5.32 Å². The maximum Gasteiger partial charge on any atom is 0.0692 e. The van der Waals surface area contributed by atoms with Crippen LogP contribution in [0.3, 0.4) is 0 Å². The molecule has 3 N–H and O–H groups in total. The van der Waals surface area contributed by atoms with Gasteiger partial charge in [-0.1, -0.05) is 26.7 Å². The van der Waals surface area contributed by atoms with Crippen molar-refractivity contribution in [3.63, 3.8) is 0 Å². The van der Waals surface area contributed by atoms with Crippen molar-refractivity contribution in [2.24, 2.45) is 5.92 Å². The Kier molecular flexibility index (Phi) is 5.65. The lowest BCUT2D eigenvalue weighted by molar-refractivity contribution is 0.0988. The third-order valence-electron chi connectivity index (χ3n) is 3.56. The molecule has 0 aliphatic rings. The Morgan fingerprint density at radius 2 is 2.06 bits per heavy atom. The van der Waals surface area contributed by atoms with E-state index in [9.17, 15) is 5.11 Å². The molecule has 1 aromatic rings. The van der Waals surface area contributed by atoms with Crippen molar-refractivity contribution in [1.29, 1.82) is 0 Å². The van der Waals surface area contributed by atoms with Crippen molar-refractivity contribution >= 4 is 0 Å². The molecule has 4 heteroatoms. The van der Waals surface area contributed by atoms with E-state index in [1.165, 1.54) is 5.56 Å². The summed E-state index contributed by atoms with van der Waals surface area (Å²) in [7, 11) is 0. The van der Waals surface area contributed by atoms with Crippen molar-refractivity contribution in [3.05, 3.63) is 17.5 Å². The zero-order valence-electron chi connectivity index (χ0n) is 11.3. The smallest absolute Gasteiger partial charge is 0.0692 e. The number of aromatic nitrogens is 2. The molecule has 4 nitrogen and oxygen atoms in total. The van der Waals surface area contributed by atoms with E-state index in [0.29, 0.717) is 12.5 Å². The molecule has 0 spiro atoms. The first kappa shape index (κ1) is 14.2. The first-order valence-corrected chi connectivity index (χ1v) is 6.51. The number of hydrogen-bond acceptors (Lipinski definition) is 3. The molecule has 0 saturated carbocycles. The van der Waals surface area contributed by atoms with Gasteiger partial charge in [-0.15, -0.1) is 0 Å². The van der Waals surface area contributed by atoms with Gasteiger partial charge in [0.15, 0.2) is 0 Å². The summed E-state index contributed by atoms with van der Waals surface area (Å²) in [5.74, 6) is 0.389. The van der Waals surface area contributed by atoms with Crippen LogP contribution in [0.5, 0.6) is 0 Å². The highest BCUT2D eigenvalue weighted by atomic mass is 16.3. The van der Waals surface area contributed by atoms with Gasteiger partial charge in [0.2, 0.25) is 0 Å². The van der Waals surface area contributed by atoms with E-state index in [-0.39, 0.29) is 12.1 Å². The second kappa shape index (κ2) is 6.77. The minimum atomic E-state index is -0.264. The second-order valence-electron chi connectivity index (χ2n) is 4.72. The Morgan fingerprint density at radius 3 is 2.53 bits per heavy atom. The summed E-state index contributed by atoms with van der Waals surface area (Å²) >= 11 is 0. The molecule has 0 radical (unpaired) electrons. The molecule has 17 heavy (non-hydrogen) atoms. The lowest BCUT2D eigenvalue weighted by Gasteiger charge is -2.22. The molecule has 0 amide bonds. The van der Waals surface area contributed by atoms with E-state index in [2.05, 4.69) is 36.3 Å². The van der Waals surface area contributed by atoms with Gasteiger partial charge in [0, 0.05) is 23.8 Å². The Morgan fingerprint density at radius 1 is 1.41 bits per heavy atom. The predicted molar refractivity (Wildman–Crippen MR) is 69.8 cm³/mol. The highest BCUT2D eigenvalue weighted by Crippen LogP contribution is 2.16. The van der Waals surface area contributed by atoms with Gasteiger partial charge in [-0.05, 0) is 19.8 Å². The van der Waals surface area contributed by atoms with Crippen LogP contribution in [-0.4, -0.2) is 28.0 Å². The number of aryl methyl sites for hydroxylation is 1. The summed E-state index contributed by atoms with van der Waals surface area (Å²) in [4.78, 5) is 0. The van der Waals surface area contributed by atoms with Crippen LogP contribution in [0.25, 0.3) is 0 Å². The maximum absolute atomic E-state index is 10.0. The van der Waals surface area contributed by atoms with E-state index in [1.54, 1.807) is 0 Å². The molecule has 0 fully saturated rings. The third-order valence-corrected chi connectivity index (χ3v) is 3.56. The highest BCUT2D eigenvalue weighted by molar-refractivity contribution is 5.18. The van der Waals surface area contributed by atoms with E-state index < -0.39 is 0 Å². The fraction of sp³-hybridized carbons (Fsp3) is 0.769. The largest absolute Gasteiger partial charge is 0.392 e. The summed E-state index contributed by atoms with van der Waals surface area (Å²) in [5.41, 5.74) is 2.25. The number of aliphatic hydroxyl groups is 1. The molecule has 98 valence electrons. The average molecular weight is 239 g/mol. The molecule has 0 aliphatic carbocycles. The minimum Gasteiger partial charge on any atom is -0.392 e. The average Bonchev–Trinajstić information content (AvgIpc) is 2.74. The van der Waals surface area contributed by atoms with Crippen LogP contribution in [0.2, 0.25) is 0 Å². The number of aliphatic hydroxyl groups excluding tert-OH is 1. The molecule has 0 aromatic carbocycles. The topological polar surface area (TPSA) is 60.9 Å². The van der Waals surface area contributed by atoms with Gasteiger partial charge in [-0.25, -0.2) is 0 Å². The molecule has 1 aromatic heterocycles. The molecule has 1 heterocycles. The van der Waals surface area contributed by atoms with Crippen LogP contribution in [0.15, 0.2) is 6.20 Å². The lowest BCUT2D eigenvalue weighted by Crippen LogP contribution is -2.34. The quantitative estimate of drug-likeness (QED) is 0.683. The van der Waals surface area contributed by atoms with Crippen LogP contribution >= 0.6 is 0 Å². The monoisotopic (exact) mass is 239 g/mol. The van der Waals surface area contributed by atoms with Crippen molar-refractivity contribution in [1.82, 2.24) is 15.5 Å². The zero-order valence-corrected chi connectivity index (χ0v) is 11.3. The number of nitrogens with zero attached hydrogens (tertiary/aromatic N) is 1. The molecular formula is C13H25N3O. The fourth-order valence-electron chi connectivity index (χ4n) is 2.20. The van der Waals surface area contributed by atoms with Gasteiger partial charge in [0.1, 0.15) is 0 Å². The molecule has 2 atom stereocenters. The summed E-state index contributed by atoms with van der Waals surface area (Å²) in [6.07, 6.45) is 3.63. The minimum absolute atomic E-state index is 0.220. The van der Waals surface area contributed by atoms with Crippen molar-refractivity contribution < 1.29 is 5.11 Å². The van der Waals surface area contributed by atoms with Gasteiger partial charge in [-0.3, -0.25) is 5.10 Å². The molecule has 0 aliphatic heterocycles. The zero-order chi connectivity index (χ0) is 12.8. The van der Waals surface area contributed by atoms with Crippen molar-refractivity contribution in [3.8, 4) is 0 Å². The third kappa shape index (κ3) is 3.82. The van der Waals surface area contributed by atoms with E-state index in [0.717, 1.165) is 18.5 Å². The van der Waals surface area contributed by atoms with Gasteiger partial charge in [0.05, 0.1) is 12.3 Å². The van der Waals surface area contributed by atoms with Crippen LogP contribution in [0.1, 0.15) is 50.9 Å². The Hall–Kier alpha value is -0.870. The first-order chi connectivity index (χ1) is 8.10. The van der Waals surface area contributed by atoms with Gasteiger partial charge >= 0.3 is 0 Å². The number of hydrogen-bond donors (Lipinski definition) is 3. The predicted octanol–water partition coefficient (Wildman–Crippen LogP) is 2.17. The van der Waals surface area contributed by atoms with E-state index in [1.807, 2.05) is 13.1 Å². The molecule has 1 rings (SSSR count). The number of H-pyrrole nitrogens is 1. The molecule has 0 saturated heterocycles. The van der Waals surface area contributed by atoms with E-state index >= 15 is 0 Å². The highest BCUT2D eigenvalue weighted by Gasteiger charge is 2.17. The fourth-order valence-corrected chi connectivity index (χ4v) is 2.20. The molecule has 2 unspecified atom stereocenters.